The molecule has 0 radical (unpaired) electrons. The molecule has 2 atom stereocenters. The monoisotopic (exact) mass is 241 g/mol. The van der Waals surface area contributed by atoms with Crippen LogP contribution in [0.4, 0.5) is 0 Å². The fraction of sp³-hybridized carbons (Fsp3) is 1.00. The minimum Gasteiger partial charge on any atom is -0.381 e. The van der Waals surface area contributed by atoms with E-state index in [1.165, 1.54) is 0 Å². The molecule has 3 saturated heterocycles. The summed E-state index contributed by atoms with van der Waals surface area (Å²) in [7, 11) is 0. The molecule has 3 aliphatic heterocycles. The summed E-state index contributed by atoms with van der Waals surface area (Å²) in [6.07, 6.45) is 5.57. The van der Waals surface area contributed by atoms with Crippen LogP contribution in [0.25, 0.3) is 0 Å². The maximum atomic E-state index is 6.05. The highest BCUT2D eigenvalue weighted by Gasteiger charge is 2.39. The van der Waals surface area contributed by atoms with Crippen LogP contribution < -0.4 is 5.32 Å². The van der Waals surface area contributed by atoms with Crippen molar-refractivity contribution in [2.75, 3.05) is 33.0 Å². The van der Waals surface area contributed by atoms with E-state index in [9.17, 15) is 0 Å². The molecular weight excluding hydrogens is 218 g/mol. The van der Waals surface area contributed by atoms with Crippen molar-refractivity contribution in [1.29, 1.82) is 0 Å². The third-order valence-corrected chi connectivity index (χ3v) is 4.30. The van der Waals surface area contributed by atoms with Gasteiger partial charge in [0.15, 0.2) is 0 Å². The van der Waals surface area contributed by atoms with E-state index in [4.69, 9.17) is 14.2 Å². The van der Waals surface area contributed by atoms with Crippen molar-refractivity contribution < 1.29 is 14.2 Å². The zero-order chi connectivity index (χ0) is 11.6. The smallest absolute Gasteiger partial charge is 0.0741 e. The molecule has 4 heteroatoms. The molecule has 98 valence electrons. The molecule has 0 aliphatic carbocycles. The quantitative estimate of drug-likeness (QED) is 0.785. The summed E-state index contributed by atoms with van der Waals surface area (Å²) >= 11 is 0. The molecule has 3 rings (SSSR count). The van der Waals surface area contributed by atoms with Crippen molar-refractivity contribution in [2.45, 2.75) is 49.8 Å². The largest absolute Gasteiger partial charge is 0.381 e. The molecule has 0 aromatic carbocycles. The van der Waals surface area contributed by atoms with Crippen LogP contribution in [0.1, 0.15) is 32.1 Å². The van der Waals surface area contributed by atoms with E-state index >= 15 is 0 Å². The van der Waals surface area contributed by atoms with E-state index in [1.807, 2.05) is 0 Å². The Morgan fingerprint density at radius 1 is 0.882 bits per heavy atom. The highest BCUT2D eigenvalue weighted by molar-refractivity contribution is 4.92. The molecule has 0 amide bonds. The Morgan fingerprint density at radius 2 is 1.71 bits per heavy atom. The van der Waals surface area contributed by atoms with Crippen molar-refractivity contribution in [3.8, 4) is 0 Å². The maximum absolute atomic E-state index is 6.05. The molecule has 1 N–H and O–H groups in total. The molecule has 0 aromatic rings. The van der Waals surface area contributed by atoms with Crippen LogP contribution in [0, 0.1) is 0 Å². The molecule has 3 aliphatic rings. The molecule has 17 heavy (non-hydrogen) atoms. The van der Waals surface area contributed by atoms with Gasteiger partial charge in [-0.3, -0.25) is 0 Å². The SMILES string of the molecule is C1CC2(CCO1)CC(NC1CCOC1)CCO2. The van der Waals surface area contributed by atoms with Gasteiger partial charge in [0.2, 0.25) is 0 Å². The molecule has 1 spiro atoms. The third-order valence-electron chi connectivity index (χ3n) is 4.30. The number of hydrogen-bond donors (Lipinski definition) is 1. The Kier molecular flexibility index (Phi) is 3.66. The number of rotatable bonds is 2. The van der Waals surface area contributed by atoms with E-state index in [2.05, 4.69) is 5.32 Å². The average Bonchev–Trinajstić information content (AvgIpc) is 2.83. The van der Waals surface area contributed by atoms with Crippen LogP contribution in [0.5, 0.6) is 0 Å². The van der Waals surface area contributed by atoms with Gasteiger partial charge in [0.25, 0.3) is 0 Å². The molecule has 0 bridgehead atoms. The van der Waals surface area contributed by atoms with Crippen molar-refractivity contribution in [3.63, 3.8) is 0 Å². The van der Waals surface area contributed by atoms with Gasteiger partial charge in [-0.15, -0.1) is 0 Å². The normalized spacial score (nSPS) is 37.4. The van der Waals surface area contributed by atoms with Gasteiger partial charge in [0.05, 0.1) is 12.2 Å². The van der Waals surface area contributed by atoms with E-state index in [1.54, 1.807) is 0 Å². The molecule has 3 fully saturated rings. The first-order valence-electron chi connectivity index (χ1n) is 6.92. The third kappa shape index (κ3) is 2.81. The lowest BCUT2D eigenvalue weighted by atomic mass is 9.84. The van der Waals surface area contributed by atoms with Crippen LogP contribution in [0.2, 0.25) is 0 Å². The number of ether oxygens (including phenoxy) is 3. The van der Waals surface area contributed by atoms with Crippen molar-refractivity contribution in [1.82, 2.24) is 5.32 Å². The second-order valence-electron chi connectivity index (χ2n) is 5.56. The van der Waals surface area contributed by atoms with Crippen LogP contribution in [-0.4, -0.2) is 50.7 Å². The van der Waals surface area contributed by atoms with E-state index in [0.717, 1.165) is 65.1 Å². The first kappa shape index (κ1) is 11.9. The van der Waals surface area contributed by atoms with Gasteiger partial charge in [-0.2, -0.15) is 0 Å². The summed E-state index contributed by atoms with van der Waals surface area (Å²) in [6, 6.07) is 1.17. The van der Waals surface area contributed by atoms with Gasteiger partial charge in [0.1, 0.15) is 0 Å². The average molecular weight is 241 g/mol. The maximum Gasteiger partial charge on any atom is 0.0741 e. The van der Waals surface area contributed by atoms with Crippen LogP contribution in [0.3, 0.4) is 0 Å². The summed E-state index contributed by atoms with van der Waals surface area (Å²) in [4.78, 5) is 0. The molecule has 4 nitrogen and oxygen atoms in total. The standard InChI is InChI=1S/C13H23NO3/c1-5-16-10-12(1)14-11-2-6-17-13(9-11)3-7-15-8-4-13/h11-12,14H,1-10H2. The summed E-state index contributed by atoms with van der Waals surface area (Å²) in [5.41, 5.74) is 0.105. The lowest BCUT2D eigenvalue weighted by Crippen LogP contribution is -2.51. The lowest BCUT2D eigenvalue weighted by Gasteiger charge is -2.44. The fourth-order valence-electron chi connectivity index (χ4n) is 3.26. The van der Waals surface area contributed by atoms with Crippen LogP contribution in [0.15, 0.2) is 0 Å². The van der Waals surface area contributed by atoms with Crippen molar-refractivity contribution in [2.24, 2.45) is 0 Å². The zero-order valence-electron chi connectivity index (χ0n) is 10.5. The highest BCUT2D eigenvalue weighted by Crippen LogP contribution is 2.34. The summed E-state index contributed by atoms with van der Waals surface area (Å²) < 4.78 is 16.9. The Morgan fingerprint density at radius 3 is 2.47 bits per heavy atom. The Labute approximate surface area is 103 Å². The summed E-state index contributed by atoms with van der Waals surface area (Å²) in [5.74, 6) is 0. The van der Waals surface area contributed by atoms with E-state index in [-0.39, 0.29) is 5.60 Å². The Balaban J connectivity index is 1.55. The summed E-state index contributed by atoms with van der Waals surface area (Å²) in [5, 5.41) is 3.74. The minimum absolute atomic E-state index is 0.105. The zero-order valence-corrected chi connectivity index (χ0v) is 10.5. The van der Waals surface area contributed by atoms with Crippen molar-refractivity contribution >= 4 is 0 Å². The van der Waals surface area contributed by atoms with Gasteiger partial charge >= 0.3 is 0 Å². The molecule has 3 heterocycles. The van der Waals surface area contributed by atoms with Gasteiger partial charge in [0, 0.05) is 38.5 Å². The molecule has 0 aromatic heterocycles. The van der Waals surface area contributed by atoms with Gasteiger partial charge < -0.3 is 19.5 Å². The van der Waals surface area contributed by atoms with Gasteiger partial charge in [-0.25, -0.2) is 0 Å². The lowest BCUT2D eigenvalue weighted by molar-refractivity contribution is -0.140. The highest BCUT2D eigenvalue weighted by atomic mass is 16.5. The first-order valence-corrected chi connectivity index (χ1v) is 6.92. The molecule has 2 unspecified atom stereocenters. The number of hydrogen-bond acceptors (Lipinski definition) is 4. The predicted molar refractivity (Wildman–Crippen MR) is 64.1 cm³/mol. The minimum atomic E-state index is 0.105. The van der Waals surface area contributed by atoms with Crippen LogP contribution >= 0.6 is 0 Å². The Hall–Kier alpha value is -0.160. The molecule has 0 saturated carbocycles. The van der Waals surface area contributed by atoms with Gasteiger partial charge in [-0.1, -0.05) is 0 Å². The van der Waals surface area contributed by atoms with E-state index in [0.29, 0.717) is 12.1 Å². The summed E-state index contributed by atoms with van der Waals surface area (Å²) in [6.45, 7) is 4.41. The van der Waals surface area contributed by atoms with Crippen LogP contribution in [-0.2, 0) is 14.2 Å². The Bertz CT molecular complexity index is 242. The number of nitrogens with one attached hydrogen (secondary N) is 1. The first-order chi connectivity index (χ1) is 8.36. The predicted octanol–water partition coefficient (Wildman–Crippen LogP) is 1.09. The second-order valence-corrected chi connectivity index (χ2v) is 5.56. The fourth-order valence-corrected chi connectivity index (χ4v) is 3.26. The van der Waals surface area contributed by atoms with Gasteiger partial charge in [-0.05, 0) is 32.1 Å². The van der Waals surface area contributed by atoms with Crippen molar-refractivity contribution in [3.05, 3.63) is 0 Å². The topological polar surface area (TPSA) is 39.7 Å². The second kappa shape index (κ2) is 5.22. The molecular formula is C13H23NO3. The van der Waals surface area contributed by atoms with E-state index < -0.39 is 0 Å².